The zero-order valence-corrected chi connectivity index (χ0v) is 14.8. The van der Waals surface area contributed by atoms with E-state index in [4.69, 9.17) is 0 Å². The summed E-state index contributed by atoms with van der Waals surface area (Å²) < 4.78 is 42.2. The Morgan fingerprint density at radius 3 is 2.77 bits per heavy atom. The van der Waals surface area contributed by atoms with Gasteiger partial charge in [0.15, 0.2) is 0 Å². The predicted octanol–water partition coefficient (Wildman–Crippen LogP) is 4.62. The summed E-state index contributed by atoms with van der Waals surface area (Å²) in [5.41, 5.74) is 1.32. The van der Waals surface area contributed by atoms with E-state index in [1.54, 1.807) is 6.07 Å². The average Bonchev–Trinajstić information content (AvgIpc) is 3.35. The van der Waals surface area contributed by atoms with Crippen LogP contribution < -0.4 is 10.6 Å². The molecule has 1 aliphatic heterocycles. The van der Waals surface area contributed by atoms with Gasteiger partial charge in [-0.15, -0.1) is 0 Å². The summed E-state index contributed by atoms with van der Waals surface area (Å²) in [6, 6.07) is 4.20. The van der Waals surface area contributed by atoms with Crippen LogP contribution in [0.3, 0.4) is 0 Å². The molecule has 0 atom stereocenters. The van der Waals surface area contributed by atoms with Crippen LogP contribution >= 0.6 is 15.9 Å². The standard InChI is InChI=1S/C17H12BrF3N4O/c18-9-3-4-12(11(19)5-9)24-17(26)10-7-22-25-14(15(20)21)6-13(8-1-2-8)23-16(10)25/h3-7,15,23H,1-2H2,(H,24,26). The lowest BCUT2D eigenvalue weighted by molar-refractivity contribution is 0.102. The fraction of sp³-hybridized carbons (Fsp3) is 0.176. The number of hydrogen-bond donors (Lipinski definition) is 2. The van der Waals surface area contributed by atoms with E-state index < -0.39 is 18.1 Å². The first-order valence-electron chi connectivity index (χ1n) is 7.77. The normalized spacial score (nSPS) is 15.5. The Labute approximate surface area is 154 Å². The minimum Gasteiger partial charge on any atom is -0.339 e. The van der Waals surface area contributed by atoms with E-state index in [0.717, 1.165) is 23.1 Å². The van der Waals surface area contributed by atoms with Crippen LogP contribution in [-0.2, 0) is 0 Å². The molecule has 2 N–H and O–H groups in total. The lowest BCUT2D eigenvalue weighted by Crippen LogP contribution is -2.20. The quantitative estimate of drug-likeness (QED) is 0.755. The first kappa shape index (κ1) is 16.9. The highest BCUT2D eigenvalue weighted by molar-refractivity contribution is 9.10. The fourth-order valence-corrected chi connectivity index (χ4v) is 2.99. The van der Waals surface area contributed by atoms with E-state index in [1.165, 1.54) is 24.4 Å². The van der Waals surface area contributed by atoms with Gasteiger partial charge in [0.25, 0.3) is 12.3 Å². The molecule has 0 radical (unpaired) electrons. The third kappa shape index (κ3) is 3.03. The predicted molar refractivity (Wildman–Crippen MR) is 94.4 cm³/mol. The van der Waals surface area contributed by atoms with E-state index >= 15 is 0 Å². The number of fused-ring (bicyclic) bond motifs is 1. The van der Waals surface area contributed by atoms with E-state index in [2.05, 4.69) is 31.7 Å². The van der Waals surface area contributed by atoms with Gasteiger partial charge in [0.2, 0.25) is 0 Å². The molecule has 1 aliphatic carbocycles. The van der Waals surface area contributed by atoms with Crippen molar-refractivity contribution in [2.24, 2.45) is 0 Å². The van der Waals surface area contributed by atoms with E-state index in [-0.39, 0.29) is 22.8 Å². The summed E-state index contributed by atoms with van der Waals surface area (Å²) in [7, 11) is 0. The molecular formula is C17H12BrF3N4O. The highest BCUT2D eigenvalue weighted by atomic mass is 79.9. The smallest absolute Gasteiger partial charge is 0.280 e. The average molecular weight is 425 g/mol. The van der Waals surface area contributed by atoms with Crippen molar-refractivity contribution in [3.05, 3.63) is 57.6 Å². The number of aromatic nitrogens is 2. The molecule has 4 rings (SSSR count). The molecule has 2 aromatic rings. The van der Waals surface area contributed by atoms with Gasteiger partial charge in [-0.3, -0.25) is 4.79 Å². The largest absolute Gasteiger partial charge is 0.339 e. The SMILES string of the molecule is O=C(Nc1ccc(Br)cc1F)c1cnn2c1NC(=C1CC1)C=C2C(F)F. The molecular weight excluding hydrogens is 413 g/mol. The summed E-state index contributed by atoms with van der Waals surface area (Å²) in [5.74, 6) is -1.11. The van der Waals surface area contributed by atoms with Gasteiger partial charge in [-0.2, -0.15) is 5.10 Å². The Morgan fingerprint density at radius 2 is 2.12 bits per heavy atom. The second-order valence-electron chi connectivity index (χ2n) is 5.91. The van der Waals surface area contributed by atoms with Crippen molar-refractivity contribution in [1.82, 2.24) is 9.78 Å². The summed E-state index contributed by atoms with van der Waals surface area (Å²) in [5, 5.41) is 9.33. The van der Waals surface area contributed by atoms with Crippen molar-refractivity contribution >= 4 is 39.0 Å². The molecule has 1 fully saturated rings. The number of hydrogen-bond acceptors (Lipinski definition) is 3. The Balaban J connectivity index is 1.68. The molecule has 2 aliphatic rings. The maximum absolute atomic E-state index is 13.9. The molecule has 1 aromatic heterocycles. The van der Waals surface area contributed by atoms with Crippen molar-refractivity contribution in [3.8, 4) is 0 Å². The Bertz CT molecular complexity index is 974. The number of halogens is 4. The molecule has 0 spiro atoms. The monoisotopic (exact) mass is 424 g/mol. The number of nitrogens with one attached hydrogen (secondary N) is 2. The Hall–Kier alpha value is -2.55. The number of carbonyl (C=O) groups is 1. The van der Waals surface area contributed by atoms with Gasteiger partial charge >= 0.3 is 0 Å². The van der Waals surface area contributed by atoms with Crippen LogP contribution in [0.1, 0.15) is 23.2 Å². The van der Waals surface area contributed by atoms with Crippen molar-refractivity contribution in [2.45, 2.75) is 19.3 Å². The van der Waals surface area contributed by atoms with E-state index in [1.807, 2.05) is 0 Å². The highest BCUT2D eigenvalue weighted by Gasteiger charge is 2.30. The number of anilines is 2. The molecule has 134 valence electrons. The zero-order chi connectivity index (χ0) is 18.4. The fourth-order valence-electron chi connectivity index (χ4n) is 2.66. The van der Waals surface area contributed by atoms with Crippen LogP contribution in [0.4, 0.5) is 24.7 Å². The van der Waals surface area contributed by atoms with Crippen molar-refractivity contribution in [3.63, 3.8) is 0 Å². The summed E-state index contributed by atoms with van der Waals surface area (Å²) in [6.07, 6.45) is 1.45. The van der Waals surface area contributed by atoms with Gasteiger partial charge in [0.1, 0.15) is 22.9 Å². The molecule has 26 heavy (non-hydrogen) atoms. The lowest BCUT2D eigenvalue weighted by atomic mass is 10.2. The van der Waals surface area contributed by atoms with Gasteiger partial charge in [0.05, 0.1) is 11.9 Å². The van der Waals surface area contributed by atoms with Crippen molar-refractivity contribution < 1.29 is 18.0 Å². The van der Waals surface area contributed by atoms with Crippen LogP contribution in [0.25, 0.3) is 5.70 Å². The van der Waals surface area contributed by atoms with E-state index in [9.17, 15) is 18.0 Å². The first-order valence-corrected chi connectivity index (χ1v) is 8.57. The third-order valence-electron chi connectivity index (χ3n) is 4.09. The number of amides is 1. The molecule has 0 unspecified atom stereocenters. The molecule has 1 aromatic carbocycles. The first-order chi connectivity index (χ1) is 12.4. The maximum Gasteiger partial charge on any atom is 0.280 e. The minimum absolute atomic E-state index is 0.0145. The van der Waals surface area contributed by atoms with Gasteiger partial charge in [-0.25, -0.2) is 17.9 Å². The molecule has 1 saturated carbocycles. The van der Waals surface area contributed by atoms with Gasteiger partial charge in [0, 0.05) is 10.2 Å². The minimum atomic E-state index is -2.75. The molecule has 0 saturated heterocycles. The second kappa shape index (κ2) is 6.31. The van der Waals surface area contributed by atoms with Crippen LogP contribution in [0.2, 0.25) is 0 Å². The number of benzene rings is 1. The van der Waals surface area contributed by atoms with Crippen LogP contribution in [-0.4, -0.2) is 22.1 Å². The van der Waals surface area contributed by atoms with Crippen LogP contribution in [0, 0.1) is 5.82 Å². The van der Waals surface area contributed by atoms with Gasteiger partial charge in [-0.1, -0.05) is 15.9 Å². The zero-order valence-electron chi connectivity index (χ0n) is 13.2. The van der Waals surface area contributed by atoms with Crippen molar-refractivity contribution in [2.75, 3.05) is 10.6 Å². The summed E-state index contributed by atoms with van der Waals surface area (Å²) in [4.78, 5) is 12.5. The number of carbonyl (C=O) groups excluding carboxylic acids is 1. The topological polar surface area (TPSA) is 59.0 Å². The maximum atomic E-state index is 13.9. The number of rotatable bonds is 3. The molecule has 0 bridgehead atoms. The van der Waals surface area contributed by atoms with Crippen LogP contribution in [0.15, 0.2) is 46.2 Å². The Kier molecular flexibility index (Phi) is 4.10. The molecule has 2 heterocycles. The number of nitrogens with zero attached hydrogens (tertiary/aromatic N) is 2. The van der Waals surface area contributed by atoms with Crippen molar-refractivity contribution in [1.29, 1.82) is 0 Å². The highest BCUT2D eigenvalue weighted by Crippen LogP contribution is 2.38. The summed E-state index contributed by atoms with van der Waals surface area (Å²) >= 11 is 3.14. The Morgan fingerprint density at radius 1 is 1.35 bits per heavy atom. The number of allylic oxidation sites excluding steroid dienone is 3. The van der Waals surface area contributed by atoms with E-state index in [0.29, 0.717) is 10.2 Å². The third-order valence-corrected chi connectivity index (χ3v) is 4.58. The molecule has 1 amide bonds. The summed E-state index contributed by atoms with van der Waals surface area (Å²) in [6.45, 7) is 0. The van der Waals surface area contributed by atoms with Crippen LogP contribution in [0.5, 0.6) is 0 Å². The lowest BCUT2D eigenvalue weighted by Gasteiger charge is -2.20. The second-order valence-corrected chi connectivity index (χ2v) is 6.82. The molecule has 5 nitrogen and oxygen atoms in total. The van der Waals surface area contributed by atoms with Gasteiger partial charge < -0.3 is 10.6 Å². The molecule has 9 heteroatoms. The number of alkyl halides is 2. The van der Waals surface area contributed by atoms with Gasteiger partial charge in [-0.05, 0) is 42.7 Å².